The first-order valence-electron chi connectivity index (χ1n) is 1.67. The first-order valence-corrected chi connectivity index (χ1v) is 1.67. The minimum Gasteiger partial charge on any atom is -0.545 e. The Hall–Kier alpha value is 0.680. The Labute approximate surface area is 102 Å². The maximum atomic E-state index is 9.51. The first kappa shape index (κ1) is 17.0. The third-order valence-corrected chi connectivity index (χ3v) is 0.493. The van der Waals surface area contributed by atoms with E-state index in [9.17, 15) is 19.8 Å². The molecule has 0 aromatic heterocycles. The second-order valence-electron chi connectivity index (χ2n) is 1.05. The van der Waals surface area contributed by atoms with Crippen molar-refractivity contribution in [3.05, 3.63) is 12.2 Å². The summed E-state index contributed by atoms with van der Waals surface area (Å²) in [6.45, 7) is 2.63. The van der Waals surface area contributed by atoms with Crippen molar-refractivity contribution in [2.45, 2.75) is 0 Å². The fourth-order valence-electron chi connectivity index (χ4n) is 0.0833. The molecule has 0 unspecified atom stereocenters. The van der Waals surface area contributed by atoms with Crippen molar-refractivity contribution in [1.29, 1.82) is 0 Å². The van der Waals surface area contributed by atoms with Crippen molar-refractivity contribution in [3.8, 4) is 0 Å². The van der Waals surface area contributed by atoms with Crippen LogP contribution >= 0.6 is 0 Å². The van der Waals surface area contributed by atoms with Crippen LogP contribution in [0.1, 0.15) is 0 Å². The smallest absolute Gasteiger partial charge is 0.545 e. The van der Waals surface area contributed by atoms with Gasteiger partial charge < -0.3 is 19.8 Å². The van der Waals surface area contributed by atoms with Crippen molar-refractivity contribution >= 4 is 11.9 Å². The molecule has 0 spiro atoms. The molecule has 0 aliphatic heterocycles. The molecule has 4 nitrogen and oxygen atoms in total. The van der Waals surface area contributed by atoms with Crippen molar-refractivity contribution < 1.29 is 78.9 Å². The molecule has 0 saturated heterocycles. The van der Waals surface area contributed by atoms with Gasteiger partial charge in [-0.15, -0.1) is 0 Å². The molecule has 0 aromatic carbocycles. The predicted octanol–water partition coefficient (Wildman–Crippen LogP) is -8.95. The van der Waals surface area contributed by atoms with Crippen molar-refractivity contribution in [2.24, 2.45) is 0 Å². The van der Waals surface area contributed by atoms with Gasteiger partial charge in [0.15, 0.2) is 0 Å². The molecule has 0 N–H and O–H groups in total. The normalized spacial score (nSPS) is 6.40. The Kier molecular flexibility index (Phi) is 13.2. The quantitative estimate of drug-likeness (QED) is 0.174. The maximum absolute atomic E-state index is 9.51. The zero-order valence-corrected chi connectivity index (χ0v) is 9.84. The predicted molar refractivity (Wildman–Crippen MR) is 19.2 cm³/mol. The van der Waals surface area contributed by atoms with Gasteiger partial charge in [-0.25, -0.2) is 0 Å². The third-order valence-electron chi connectivity index (χ3n) is 0.493. The van der Waals surface area contributed by atoms with E-state index in [1.807, 2.05) is 0 Å². The minimum absolute atomic E-state index is 0. The molecule has 0 bridgehead atoms. The standard InChI is InChI=1S/C4H4O4.2Na/c1-2(3(5)6)4(7)8;;/h1H2,(H,5,6)(H,7,8);;/q;2*+1/p-2. The second kappa shape index (κ2) is 7.78. The summed E-state index contributed by atoms with van der Waals surface area (Å²) in [5, 5.41) is 19.0. The molecule has 0 amide bonds. The van der Waals surface area contributed by atoms with Gasteiger partial charge in [0, 0.05) is 5.57 Å². The first-order chi connectivity index (χ1) is 3.55. The summed E-state index contributed by atoms with van der Waals surface area (Å²) in [5.74, 6) is -3.63. The van der Waals surface area contributed by atoms with E-state index in [0.717, 1.165) is 0 Å². The van der Waals surface area contributed by atoms with Gasteiger partial charge in [0.1, 0.15) is 0 Å². The molecule has 0 heterocycles. The average Bonchev–Trinajstić information content (AvgIpc) is 1.64. The molecule has 0 radical (unpaired) electrons. The minimum atomic E-state index is -1.81. The van der Waals surface area contributed by atoms with E-state index in [1.165, 1.54) is 0 Å². The molecule has 6 heteroatoms. The molecule has 0 atom stereocenters. The SMILES string of the molecule is C=C(C(=O)[O-])C(=O)[O-].[Na+].[Na+]. The molecule has 10 heavy (non-hydrogen) atoms. The van der Waals surface area contributed by atoms with Crippen LogP contribution in [-0.2, 0) is 9.59 Å². The Morgan fingerprint density at radius 1 is 1.00 bits per heavy atom. The van der Waals surface area contributed by atoms with Crippen LogP contribution in [0, 0.1) is 0 Å². The van der Waals surface area contributed by atoms with Crippen molar-refractivity contribution in [3.63, 3.8) is 0 Å². The topological polar surface area (TPSA) is 80.3 Å². The van der Waals surface area contributed by atoms with E-state index < -0.39 is 17.5 Å². The largest absolute Gasteiger partial charge is 1.00 e. The van der Waals surface area contributed by atoms with E-state index in [1.54, 1.807) is 0 Å². The van der Waals surface area contributed by atoms with Crippen molar-refractivity contribution in [2.75, 3.05) is 0 Å². The summed E-state index contributed by atoms with van der Waals surface area (Å²) in [5.41, 5.74) is -1.04. The zero-order valence-electron chi connectivity index (χ0n) is 5.84. The Bertz CT molecular complexity index is 137. The molecule has 0 saturated carbocycles. The van der Waals surface area contributed by atoms with Gasteiger partial charge in [-0.1, -0.05) is 6.58 Å². The van der Waals surface area contributed by atoms with Crippen LogP contribution in [0.2, 0.25) is 0 Å². The summed E-state index contributed by atoms with van der Waals surface area (Å²) < 4.78 is 0. The summed E-state index contributed by atoms with van der Waals surface area (Å²) in [6, 6.07) is 0. The van der Waals surface area contributed by atoms with Gasteiger partial charge in [0.2, 0.25) is 0 Å². The van der Waals surface area contributed by atoms with Crippen LogP contribution in [0.5, 0.6) is 0 Å². The molecule has 0 aliphatic carbocycles. The Balaban J connectivity index is -0.000000245. The molecule has 0 aromatic rings. The monoisotopic (exact) mass is 160 g/mol. The van der Waals surface area contributed by atoms with Gasteiger partial charge in [-0.3, -0.25) is 0 Å². The molecule has 0 fully saturated rings. The summed E-state index contributed by atoms with van der Waals surface area (Å²) in [4.78, 5) is 19.0. The van der Waals surface area contributed by atoms with Gasteiger partial charge >= 0.3 is 59.1 Å². The van der Waals surface area contributed by atoms with E-state index in [2.05, 4.69) is 6.58 Å². The van der Waals surface area contributed by atoms with Gasteiger partial charge in [-0.05, 0) is 0 Å². The van der Waals surface area contributed by atoms with Crippen LogP contribution < -0.4 is 69.3 Å². The van der Waals surface area contributed by atoms with Crippen LogP contribution in [0.3, 0.4) is 0 Å². The third kappa shape index (κ3) is 6.80. The van der Waals surface area contributed by atoms with Crippen LogP contribution in [0.15, 0.2) is 12.2 Å². The Morgan fingerprint density at radius 2 is 1.20 bits per heavy atom. The van der Waals surface area contributed by atoms with Crippen LogP contribution in [0.25, 0.3) is 0 Å². The molecule has 0 aliphatic rings. The number of hydrogen-bond donors (Lipinski definition) is 0. The number of carboxylic acid groups (broad SMARTS) is 2. The fraction of sp³-hybridized carbons (Fsp3) is 0. The number of hydrogen-bond acceptors (Lipinski definition) is 4. The number of aliphatic carboxylic acids is 2. The maximum Gasteiger partial charge on any atom is 1.00 e. The van der Waals surface area contributed by atoms with E-state index in [-0.39, 0.29) is 59.1 Å². The van der Waals surface area contributed by atoms with Crippen LogP contribution in [-0.4, -0.2) is 11.9 Å². The summed E-state index contributed by atoms with van der Waals surface area (Å²) >= 11 is 0. The van der Waals surface area contributed by atoms with Gasteiger partial charge in [-0.2, -0.15) is 0 Å². The van der Waals surface area contributed by atoms with E-state index >= 15 is 0 Å². The van der Waals surface area contributed by atoms with Crippen LogP contribution in [0.4, 0.5) is 0 Å². The number of carbonyl (C=O) groups excluding carboxylic acids is 2. The molecule has 0 rings (SSSR count). The van der Waals surface area contributed by atoms with E-state index in [4.69, 9.17) is 0 Å². The van der Waals surface area contributed by atoms with Gasteiger partial charge in [0.05, 0.1) is 11.9 Å². The summed E-state index contributed by atoms with van der Waals surface area (Å²) in [6.07, 6.45) is 0. The van der Waals surface area contributed by atoms with Gasteiger partial charge in [0.25, 0.3) is 0 Å². The number of carbonyl (C=O) groups is 2. The molecular weight excluding hydrogens is 158 g/mol. The zero-order chi connectivity index (χ0) is 6.73. The average molecular weight is 160 g/mol. The fourth-order valence-corrected chi connectivity index (χ4v) is 0.0833. The number of rotatable bonds is 2. The van der Waals surface area contributed by atoms with E-state index in [0.29, 0.717) is 0 Å². The Morgan fingerprint density at radius 3 is 1.20 bits per heavy atom. The van der Waals surface area contributed by atoms with Crippen molar-refractivity contribution in [1.82, 2.24) is 0 Å². The summed E-state index contributed by atoms with van der Waals surface area (Å²) in [7, 11) is 0. The number of carboxylic acids is 2. The molecular formula is C4H2Na2O4. The second-order valence-corrected chi connectivity index (χ2v) is 1.05. The molecule has 44 valence electrons.